The molecule has 8 heteroatoms. The van der Waals surface area contributed by atoms with E-state index in [1.807, 2.05) is 0 Å². The SMILES string of the molecule is CCNC(=O)[C@H]1CN(c2cc(F)c3c(c2)CCCc2cnoc2-3)C(=O)O1. The highest BCUT2D eigenvalue weighted by molar-refractivity contribution is 5.96. The Kier molecular flexibility index (Phi) is 4.10. The fourth-order valence-electron chi connectivity index (χ4n) is 3.47. The molecule has 0 unspecified atom stereocenters. The zero-order chi connectivity index (χ0) is 18.3. The van der Waals surface area contributed by atoms with Crippen molar-refractivity contribution in [2.45, 2.75) is 32.3 Å². The number of amides is 2. The number of fused-ring (bicyclic) bond motifs is 3. The molecule has 1 aliphatic carbocycles. The molecular weight excluding hydrogens is 341 g/mol. The van der Waals surface area contributed by atoms with Gasteiger partial charge in [-0.3, -0.25) is 9.69 Å². The van der Waals surface area contributed by atoms with Crippen molar-refractivity contribution in [2.75, 3.05) is 18.0 Å². The maximum absolute atomic E-state index is 14.9. The molecule has 4 rings (SSSR count). The van der Waals surface area contributed by atoms with Gasteiger partial charge in [-0.05, 0) is 43.9 Å². The topological polar surface area (TPSA) is 84.7 Å². The number of aryl methyl sites for hydroxylation is 2. The number of halogens is 1. The molecule has 0 radical (unpaired) electrons. The van der Waals surface area contributed by atoms with Gasteiger partial charge in [-0.2, -0.15) is 0 Å². The van der Waals surface area contributed by atoms with Gasteiger partial charge < -0.3 is 14.6 Å². The molecule has 136 valence electrons. The van der Waals surface area contributed by atoms with E-state index in [0.717, 1.165) is 24.0 Å². The molecule has 0 spiro atoms. The third kappa shape index (κ3) is 2.71. The number of aromatic nitrogens is 1. The largest absolute Gasteiger partial charge is 0.434 e. The quantitative estimate of drug-likeness (QED) is 0.910. The molecule has 1 atom stereocenters. The number of hydrogen-bond acceptors (Lipinski definition) is 5. The van der Waals surface area contributed by atoms with Crippen LogP contribution in [0.15, 0.2) is 22.9 Å². The zero-order valence-electron chi connectivity index (χ0n) is 14.3. The molecule has 2 heterocycles. The average molecular weight is 359 g/mol. The first kappa shape index (κ1) is 16.6. The van der Waals surface area contributed by atoms with Crippen molar-refractivity contribution in [3.05, 3.63) is 35.3 Å². The van der Waals surface area contributed by atoms with Gasteiger partial charge in [0, 0.05) is 12.1 Å². The Hall–Kier alpha value is -2.90. The molecule has 1 aromatic heterocycles. The lowest BCUT2D eigenvalue weighted by atomic mass is 10.0. The summed E-state index contributed by atoms with van der Waals surface area (Å²) in [5, 5.41) is 6.39. The highest BCUT2D eigenvalue weighted by Crippen LogP contribution is 2.37. The lowest BCUT2D eigenvalue weighted by Crippen LogP contribution is -2.37. The summed E-state index contributed by atoms with van der Waals surface area (Å²) < 4.78 is 25.3. The highest BCUT2D eigenvalue weighted by atomic mass is 19.1. The van der Waals surface area contributed by atoms with E-state index in [1.54, 1.807) is 19.2 Å². The predicted octanol–water partition coefficient (Wildman–Crippen LogP) is 2.43. The lowest BCUT2D eigenvalue weighted by Gasteiger charge is -2.16. The second-order valence-corrected chi connectivity index (χ2v) is 6.37. The number of anilines is 1. The van der Waals surface area contributed by atoms with Crippen LogP contribution >= 0.6 is 0 Å². The van der Waals surface area contributed by atoms with Crippen LogP contribution in [0, 0.1) is 5.82 Å². The van der Waals surface area contributed by atoms with E-state index in [4.69, 9.17) is 9.26 Å². The molecule has 2 aromatic rings. The van der Waals surface area contributed by atoms with Crippen molar-refractivity contribution in [1.29, 1.82) is 0 Å². The molecule has 2 amide bonds. The molecule has 0 saturated carbocycles. The van der Waals surface area contributed by atoms with E-state index in [-0.39, 0.29) is 12.5 Å². The molecule has 1 aromatic carbocycles. The first-order valence-electron chi connectivity index (χ1n) is 8.60. The zero-order valence-corrected chi connectivity index (χ0v) is 14.3. The van der Waals surface area contributed by atoms with Gasteiger partial charge in [-0.25, -0.2) is 9.18 Å². The van der Waals surface area contributed by atoms with Crippen LogP contribution in [0.1, 0.15) is 24.5 Å². The van der Waals surface area contributed by atoms with E-state index in [9.17, 15) is 14.0 Å². The van der Waals surface area contributed by atoms with Gasteiger partial charge in [0.1, 0.15) is 5.82 Å². The predicted molar refractivity (Wildman–Crippen MR) is 90.2 cm³/mol. The maximum Gasteiger partial charge on any atom is 0.415 e. The van der Waals surface area contributed by atoms with Gasteiger partial charge in [0.05, 0.1) is 24.0 Å². The Morgan fingerprint density at radius 2 is 2.19 bits per heavy atom. The molecule has 0 bridgehead atoms. The van der Waals surface area contributed by atoms with Crippen molar-refractivity contribution in [1.82, 2.24) is 10.5 Å². The minimum atomic E-state index is -0.898. The fourth-order valence-corrected chi connectivity index (χ4v) is 3.47. The molecule has 2 aliphatic rings. The number of benzene rings is 1. The number of carbonyl (C=O) groups is 2. The first-order valence-corrected chi connectivity index (χ1v) is 8.60. The van der Waals surface area contributed by atoms with Gasteiger partial charge in [-0.1, -0.05) is 5.16 Å². The third-order valence-electron chi connectivity index (χ3n) is 4.69. The number of carbonyl (C=O) groups excluding carboxylic acids is 2. The fraction of sp³-hybridized carbons (Fsp3) is 0.389. The smallest absolute Gasteiger partial charge is 0.415 e. The summed E-state index contributed by atoms with van der Waals surface area (Å²) in [6.45, 7) is 2.28. The second kappa shape index (κ2) is 6.44. The number of nitrogens with one attached hydrogen (secondary N) is 1. The Morgan fingerprint density at radius 3 is 3.00 bits per heavy atom. The van der Waals surface area contributed by atoms with Gasteiger partial charge in [0.25, 0.3) is 5.91 Å². The average Bonchev–Trinajstić information content (AvgIpc) is 3.18. The van der Waals surface area contributed by atoms with Crippen LogP contribution in [0.4, 0.5) is 14.9 Å². The Bertz CT molecular complexity index is 879. The summed E-state index contributed by atoms with van der Waals surface area (Å²) >= 11 is 0. The Morgan fingerprint density at radius 1 is 1.38 bits per heavy atom. The molecule has 1 N–H and O–H groups in total. The number of likely N-dealkylation sites (N-methyl/N-ethyl adjacent to an activating group) is 1. The van der Waals surface area contributed by atoms with Gasteiger partial charge in [0.15, 0.2) is 11.9 Å². The van der Waals surface area contributed by atoms with Crippen LogP contribution in [-0.2, 0) is 22.4 Å². The normalized spacial score (nSPS) is 18.8. The minimum absolute atomic E-state index is 0.0520. The van der Waals surface area contributed by atoms with Crippen LogP contribution in [0.3, 0.4) is 0 Å². The maximum atomic E-state index is 14.9. The van der Waals surface area contributed by atoms with Crippen molar-refractivity contribution in [3.8, 4) is 11.3 Å². The van der Waals surface area contributed by atoms with Crippen molar-refractivity contribution in [3.63, 3.8) is 0 Å². The Labute approximate surface area is 149 Å². The summed E-state index contributed by atoms with van der Waals surface area (Å²) in [7, 11) is 0. The molecule has 1 saturated heterocycles. The summed E-state index contributed by atoms with van der Waals surface area (Å²) in [6, 6.07) is 3.04. The van der Waals surface area contributed by atoms with Crippen LogP contribution in [0.25, 0.3) is 11.3 Å². The van der Waals surface area contributed by atoms with Crippen LogP contribution in [0.2, 0.25) is 0 Å². The van der Waals surface area contributed by atoms with E-state index in [1.165, 1.54) is 11.0 Å². The first-order chi connectivity index (χ1) is 12.6. The van der Waals surface area contributed by atoms with E-state index in [0.29, 0.717) is 30.0 Å². The lowest BCUT2D eigenvalue weighted by molar-refractivity contribution is -0.127. The molecule has 7 nitrogen and oxygen atoms in total. The van der Waals surface area contributed by atoms with E-state index < -0.39 is 18.0 Å². The number of ether oxygens (including phenoxy) is 1. The summed E-state index contributed by atoms with van der Waals surface area (Å²) in [4.78, 5) is 25.4. The van der Waals surface area contributed by atoms with Gasteiger partial charge in [0.2, 0.25) is 0 Å². The molecule has 26 heavy (non-hydrogen) atoms. The van der Waals surface area contributed by atoms with Crippen molar-refractivity contribution in [2.24, 2.45) is 0 Å². The number of hydrogen-bond donors (Lipinski definition) is 1. The molecule has 1 fully saturated rings. The van der Waals surface area contributed by atoms with Crippen molar-refractivity contribution < 1.29 is 23.2 Å². The monoisotopic (exact) mass is 359 g/mol. The van der Waals surface area contributed by atoms with E-state index >= 15 is 0 Å². The summed E-state index contributed by atoms with van der Waals surface area (Å²) in [6.07, 6.45) is 2.31. The summed E-state index contributed by atoms with van der Waals surface area (Å²) in [5.41, 5.74) is 2.41. The highest BCUT2D eigenvalue weighted by Gasteiger charge is 2.37. The third-order valence-corrected chi connectivity index (χ3v) is 4.69. The van der Waals surface area contributed by atoms with Crippen LogP contribution in [0.5, 0.6) is 0 Å². The van der Waals surface area contributed by atoms with Gasteiger partial charge >= 0.3 is 6.09 Å². The number of cyclic esters (lactones) is 1. The molecule has 1 aliphatic heterocycles. The van der Waals surface area contributed by atoms with Crippen LogP contribution in [-0.4, -0.2) is 36.4 Å². The van der Waals surface area contributed by atoms with E-state index in [2.05, 4.69) is 10.5 Å². The van der Waals surface area contributed by atoms with Crippen molar-refractivity contribution >= 4 is 17.7 Å². The molecular formula is C18H18FN3O4. The van der Waals surface area contributed by atoms with Crippen LogP contribution < -0.4 is 10.2 Å². The van der Waals surface area contributed by atoms with Gasteiger partial charge in [-0.15, -0.1) is 0 Å². The standard InChI is InChI=1S/C18H18FN3O4/c1-2-20-17(23)14-9-22(18(24)25-14)12-6-10-4-3-5-11-8-21-26-16(11)15(10)13(19)7-12/h6-8,14H,2-5,9H2,1H3,(H,20,23)/t14-/m1/s1. The summed E-state index contributed by atoms with van der Waals surface area (Å²) in [5.74, 6) is -0.387. The number of nitrogens with zero attached hydrogens (tertiary/aromatic N) is 2. The minimum Gasteiger partial charge on any atom is -0.434 e. The number of rotatable bonds is 3. The Balaban J connectivity index is 1.68. The second-order valence-electron chi connectivity index (χ2n) is 6.37.